The van der Waals surface area contributed by atoms with Gasteiger partial charge in [0, 0.05) is 27.8 Å². The van der Waals surface area contributed by atoms with Crippen molar-refractivity contribution in [1.29, 1.82) is 0 Å². The second-order valence-corrected chi connectivity index (χ2v) is 14.5. The van der Waals surface area contributed by atoms with Crippen molar-refractivity contribution in [1.82, 2.24) is 0 Å². The van der Waals surface area contributed by atoms with Crippen LogP contribution in [-0.4, -0.2) is 0 Å². The number of fused-ring (bicyclic) bond motifs is 7. The molecule has 0 radical (unpaired) electrons. The largest absolute Gasteiger partial charge is 0.456 e. The van der Waals surface area contributed by atoms with E-state index in [1.54, 1.807) is 0 Å². The summed E-state index contributed by atoms with van der Waals surface area (Å²) < 4.78 is 6.34. The van der Waals surface area contributed by atoms with E-state index in [0.717, 1.165) is 39.0 Å². The molecule has 2 nitrogen and oxygen atoms in total. The molecule has 0 saturated carbocycles. The fourth-order valence-corrected chi connectivity index (χ4v) is 9.06. The van der Waals surface area contributed by atoms with Gasteiger partial charge in [0.15, 0.2) is 0 Å². The third-order valence-electron chi connectivity index (χ3n) is 11.5. The zero-order valence-corrected chi connectivity index (χ0v) is 30.1. The average molecular weight is 702 g/mol. The first-order valence-corrected chi connectivity index (χ1v) is 18.9. The molecule has 0 amide bonds. The molecule has 11 rings (SSSR count). The zero-order valence-electron chi connectivity index (χ0n) is 30.1. The first-order valence-electron chi connectivity index (χ1n) is 18.9. The molecule has 55 heavy (non-hydrogen) atoms. The van der Waals surface area contributed by atoms with Crippen molar-refractivity contribution in [3.05, 3.63) is 235 Å². The summed E-state index contributed by atoms with van der Waals surface area (Å²) in [4.78, 5) is 2.38. The summed E-state index contributed by atoms with van der Waals surface area (Å²) in [5.74, 6) is 0. The lowest BCUT2D eigenvalue weighted by molar-refractivity contribution is 0.668. The first kappa shape index (κ1) is 31.4. The Morgan fingerprint density at radius 3 is 1.75 bits per heavy atom. The van der Waals surface area contributed by atoms with Crippen molar-refractivity contribution < 1.29 is 4.42 Å². The standard InChI is InChI=1S/C53H35NO/c1-2-16-42(17-3-1)54(43-30-27-37(28-31-43)39-26-25-36-13-4-5-14-38(36)33-39)44-18-12-15-40(34-44)53(49-22-9-6-19-45(49)46-20-7-10-23-50(46)53)41-29-32-52-48(35-41)47-21-8-11-24-51(47)55-52/h1-35H. The van der Waals surface area contributed by atoms with Gasteiger partial charge in [0.1, 0.15) is 11.2 Å². The van der Waals surface area contributed by atoms with Crippen LogP contribution in [0.5, 0.6) is 0 Å². The van der Waals surface area contributed by atoms with Crippen LogP contribution in [-0.2, 0) is 5.41 Å². The van der Waals surface area contributed by atoms with E-state index in [-0.39, 0.29) is 0 Å². The number of rotatable bonds is 6. The van der Waals surface area contributed by atoms with Gasteiger partial charge in [-0.2, -0.15) is 0 Å². The Hall–Kier alpha value is -7.16. The summed E-state index contributed by atoms with van der Waals surface area (Å²) in [5.41, 5.74) is 14.5. The van der Waals surface area contributed by atoms with E-state index in [2.05, 4.69) is 211 Å². The van der Waals surface area contributed by atoms with Crippen molar-refractivity contribution in [3.8, 4) is 22.3 Å². The highest BCUT2D eigenvalue weighted by atomic mass is 16.3. The maximum absolute atomic E-state index is 6.34. The van der Waals surface area contributed by atoms with Gasteiger partial charge in [-0.05, 0) is 116 Å². The molecule has 9 aromatic carbocycles. The normalized spacial score (nSPS) is 12.9. The molecule has 0 bridgehead atoms. The molecule has 1 aliphatic carbocycles. The third kappa shape index (κ3) is 4.89. The van der Waals surface area contributed by atoms with Crippen molar-refractivity contribution in [2.45, 2.75) is 5.41 Å². The number of nitrogens with zero attached hydrogens (tertiary/aromatic N) is 1. The topological polar surface area (TPSA) is 16.4 Å². The smallest absolute Gasteiger partial charge is 0.135 e. The van der Waals surface area contributed by atoms with Crippen LogP contribution in [0.1, 0.15) is 22.3 Å². The highest BCUT2D eigenvalue weighted by Gasteiger charge is 2.46. The summed E-state index contributed by atoms with van der Waals surface area (Å²) in [6.45, 7) is 0. The summed E-state index contributed by atoms with van der Waals surface area (Å²) in [6.07, 6.45) is 0. The van der Waals surface area contributed by atoms with Gasteiger partial charge in [0.25, 0.3) is 0 Å². The fourth-order valence-electron chi connectivity index (χ4n) is 9.06. The Morgan fingerprint density at radius 2 is 0.945 bits per heavy atom. The summed E-state index contributed by atoms with van der Waals surface area (Å²) in [5, 5.41) is 4.75. The van der Waals surface area contributed by atoms with Gasteiger partial charge in [-0.3, -0.25) is 0 Å². The third-order valence-corrected chi connectivity index (χ3v) is 11.5. The molecule has 0 spiro atoms. The van der Waals surface area contributed by atoms with Crippen molar-refractivity contribution >= 4 is 49.8 Å². The Morgan fingerprint density at radius 1 is 0.345 bits per heavy atom. The second-order valence-electron chi connectivity index (χ2n) is 14.5. The zero-order chi connectivity index (χ0) is 36.3. The lowest BCUT2D eigenvalue weighted by Crippen LogP contribution is -2.29. The van der Waals surface area contributed by atoms with Crippen LogP contribution < -0.4 is 4.90 Å². The minimum Gasteiger partial charge on any atom is -0.456 e. The van der Waals surface area contributed by atoms with E-state index < -0.39 is 5.41 Å². The van der Waals surface area contributed by atoms with E-state index in [4.69, 9.17) is 4.42 Å². The molecule has 1 heterocycles. The molecule has 0 aliphatic heterocycles. The molecule has 0 atom stereocenters. The molecule has 10 aromatic rings. The highest BCUT2D eigenvalue weighted by molar-refractivity contribution is 6.05. The second kappa shape index (κ2) is 12.5. The Kier molecular flexibility index (Phi) is 7.11. The van der Waals surface area contributed by atoms with Gasteiger partial charge in [-0.1, -0.05) is 152 Å². The van der Waals surface area contributed by atoms with E-state index in [0.29, 0.717) is 0 Å². The molecule has 0 fully saturated rings. The van der Waals surface area contributed by atoms with Gasteiger partial charge >= 0.3 is 0 Å². The van der Waals surface area contributed by atoms with Crippen LogP contribution in [0.2, 0.25) is 0 Å². The minimum absolute atomic E-state index is 0.571. The average Bonchev–Trinajstić information content (AvgIpc) is 3.78. The van der Waals surface area contributed by atoms with Gasteiger partial charge in [-0.25, -0.2) is 0 Å². The van der Waals surface area contributed by atoms with Crippen molar-refractivity contribution in [2.75, 3.05) is 4.90 Å². The Balaban J connectivity index is 1.11. The fraction of sp³-hybridized carbons (Fsp3) is 0.0189. The molecule has 0 saturated heterocycles. The lowest BCUT2D eigenvalue weighted by Gasteiger charge is -2.35. The van der Waals surface area contributed by atoms with Crippen LogP contribution in [0.4, 0.5) is 17.1 Å². The number of hydrogen-bond donors (Lipinski definition) is 0. The molecule has 1 aromatic heterocycles. The van der Waals surface area contributed by atoms with Crippen molar-refractivity contribution in [2.24, 2.45) is 0 Å². The molecule has 258 valence electrons. The van der Waals surface area contributed by atoms with E-state index in [1.165, 1.54) is 55.3 Å². The van der Waals surface area contributed by atoms with Crippen LogP contribution in [0.3, 0.4) is 0 Å². The molecular weight excluding hydrogens is 667 g/mol. The maximum atomic E-state index is 6.34. The quantitative estimate of drug-likeness (QED) is 0.172. The van der Waals surface area contributed by atoms with Crippen LogP contribution in [0, 0.1) is 0 Å². The summed E-state index contributed by atoms with van der Waals surface area (Å²) >= 11 is 0. The summed E-state index contributed by atoms with van der Waals surface area (Å²) in [6, 6.07) is 77.1. The van der Waals surface area contributed by atoms with Crippen LogP contribution >= 0.6 is 0 Å². The molecule has 2 heteroatoms. The minimum atomic E-state index is -0.571. The number of hydrogen-bond acceptors (Lipinski definition) is 2. The Bertz CT molecular complexity index is 3000. The molecule has 1 aliphatic rings. The monoisotopic (exact) mass is 701 g/mol. The first-order chi connectivity index (χ1) is 27.3. The highest BCUT2D eigenvalue weighted by Crippen LogP contribution is 2.57. The van der Waals surface area contributed by atoms with E-state index in [1.807, 2.05) is 6.07 Å². The predicted octanol–water partition coefficient (Wildman–Crippen LogP) is 14.2. The van der Waals surface area contributed by atoms with Gasteiger partial charge < -0.3 is 9.32 Å². The Labute approximate surface area is 320 Å². The van der Waals surface area contributed by atoms with Gasteiger partial charge in [-0.15, -0.1) is 0 Å². The molecule has 0 N–H and O–H groups in total. The summed E-state index contributed by atoms with van der Waals surface area (Å²) in [7, 11) is 0. The predicted molar refractivity (Wildman–Crippen MR) is 229 cm³/mol. The van der Waals surface area contributed by atoms with Gasteiger partial charge in [0.05, 0.1) is 5.41 Å². The number of benzene rings is 9. The lowest BCUT2D eigenvalue weighted by atomic mass is 9.67. The van der Waals surface area contributed by atoms with Crippen molar-refractivity contribution in [3.63, 3.8) is 0 Å². The number of anilines is 3. The van der Waals surface area contributed by atoms with E-state index >= 15 is 0 Å². The number of para-hydroxylation sites is 2. The van der Waals surface area contributed by atoms with Gasteiger partial charge in [0.2, 0.25) is 0 Å². The van der Waals surface area contributed by atoms with E-state index in [9.17, 15) is 0 Å². The molecular formula is C53H35NO. The number of furan rings is 1. The SMILES string of the molecule is c1ccc(N(c2ccc(-c3ccc4ccccc4c3)cc2)c2cccc(C3(c4ccc5oc6ccccc6c5c4)c4ccccc4-c4ccccc43)c2)cc1. The van der Waals surface area contributed by atoms with Crippen LogP contribution in [0.15, 0.2) is 217 Å². The van der Waals surface area contributed by atoms with Crippen LogP contribution in [0.25, 0.3) is 55.0 Å². The maximum Gasteiger partial charge on any atom is 0.135 e. The molecule has 0 unspecified atom stereocenters.